The predicted octanol–water partition coefficient (Wildman–Crippen LogP) is 3.01. The van der Waals surface area contributed by atoms with Gasteiger partial charge in [-0.3, -0.25) is 9.59 Å². The van der Waals surface area contributed by atoms with Crippen molar-refractivity contribution >= 4 is 11.9 Å². The Morgan fingerprint density at radius 2 is 0.900 bits per heavy atom. The molecule has 2 N–H and O–H groups in total. The molecule has 6 atom stereocenters. The van der Waals surface area contributed by atoms with Gasteiger partial charge in [0.25, 0.3) is 0 Å². The maximum atomic E-state index is 11.7. The SMILES string of the molecule is O=C(O)[C@@H]1[C@@H]2CCCC[C@@H]2[C@@H]2CCCC[C@@H]2[C@@H]1C(=O)O. The molecule has 0 amide bonds. The monoisotopic (exact) mass is 280 g/mol. The smallest absolute Gasteiger partial charge is 0.307 e. The summed E-state index contributed by atoms with van der Waals surface area (Å²) >= 11 is 0. The molecule has 0 aromatic heterocycles. The average Bonchev–Trinajstić information content (AvgIpc) is 2.45. The Hall–Kier alpha value is -1.06. The molecule has 3 aliphatic carbocycles. The molecular formula is C16H24O4. The number of fused-ring (bicyclic) bond motifs is 3. The van der Waals surface area contributed by atoms with Crippen LogP contribution in [0, 0.1) is 35.5 Å². The molecule has 0 unspecified atom stereocenters. The Kier molecular flexibility index (Phi) is 3.74. The Morgan fingerprint density at radius 1 is 0.600 bits per heavy atom. The quantitative estimate of drug-likeness (QED) is 0.815. The molecule has 0 bridgehead atoms. The molecule has 112 valence electrons. The van der Waals surface area contributed by atoms with Crippen molar-refractivity contribution in [2.75, 3.05) is 0 Å². The second-order valence-electron chi connectivity index (χ2n) is 6.95. The van der Waals surface area contributed by atoms with E-state index in [4.69, 9.17) is 0 Å². The second kappa shape index (κ2) is 5.38. The van der Waals surface area contributed by atoms with E-state index in [1.165, 1.54) is 12.8 Å². The molecule has 3 fully saturated rings. The van der Waals surface area contributed by atoms with Crippen LogP contribution in [0.25, 0.3) is 0 Å². The molecule has 4 heteroatoms. The highest BCUT2D eigenvalue weighted by molar-refractivity contribution is 5.81. The van der Waals surface area contributed by atoms with Gasteiger partial charge in [0.15, 0.2) is 0 Å². The van der Waals surface area contributed by atoms with Gasteiger partial charge >= 0.3 is 11.9 Å². The maximum absolute atomic E-state index is 11.7. The second-order valence-corrected chi connectivity index (χ2v) is 6.95. The van der Waals surface area contributed by atoms with E-state index in [2.05, 4.69) is 0 Å². The molecule has 0 aliphatic heterocycles. The number of carbonyl (C=O) groups is 2. The van der Waals surface area contributed by atoms with E-state index >= 15 is 0 Å². The third-order valence-electron chi connectivity index (χ3n) is 6.18. The van der Waals surface area contributed by atoms with E-state index in [0.717, 1.165) is 38.5 Å². The summed E-state index contributed by atoms with van der Waals surface area (Å²) in [6.45, 7) is 0. The van der Waals surface area contributed by atoms with E-state index in [-0.39, 0.29) is 11.8 Å². The summed E-state index contributed by atoms with van der Waals surface area (Å²) in [5, 5.41) is 19.2. The van der Waals surface area contributed by atoms with Crippen LogP contribution in [0.4, 0.5) is 0 Å². The normalized spacial score (nSPS) is 44.2. The predicted molar refractivity (Wildman–Crippen MR) is 73.1 cm³/mol. The Balaban J connectivity index is 1.98. The van der Waals surface area contributed by atoms with Crippen molar-refractivity contribution in [1.29, 1.82) is 0 Å². The van der Waals surface area contributed by atoms with Crippen molar-refractivity contribution < 1.29 is 19.8 Å². The van der Waals surface area contributed by atoms with Gasteiger partial charge in [0.2, 0.25) is 0 Å². The molecule has 0 saturated heterocycles. The first-order valence-electron chi connectivity index (χ1n) is 8.07. The van der Waals surface area contributed by atoms with Crippen molar-refractivity contribution in [3.63, 3.8) is 0 Å². The summed E-state index contributed by atoms with van der Waals surface area (Å²) < 4.78 is 0. The molecule has 0 radical (unpaired) electrons. The van der Waals surface area contributed by atoms with E-state index in [0.29, 0.717) is 11.8 Å². The molecule has 4 nitrogen and oxygen atoms in total. The van der Waals surface area contributed by atoms with Gasteiger partial charge in [-0.05, 0) is 49.4 Å². The number of carboxylic acids is 2. The lowest BCUT2D eigenvalue weighted by atomic mass is 9.50. The largest absolute Gasteiger partial charge is 0.481 e. The van der Waals surface area contributed by atoms with Crippen LogP contribution >= 0.6 is 0 Å². The Bertz CT molecular complexity index is 367. The highest BCUT2D eigenvalue weighted by Crippen LogP contribution is 2.56. The van der Waals surface area contributed by atoms with Gasteiger partial charge in [-0.25, -0.2) is 0 Å². The van der Waals surface area contributed by atoms with Crippen molar-refractivity contribution in [3.8, 4) is 0 Å². The first kappa shape index (κ1) is 13.9. The van der Waals surface area contributed by atoms with Crippen LogP contribution in [0.3, 0.4) is 0 Å². The lowest BCUT2D eigenvalue weighted by Crippen LogP contribution is -2.53. The van der Waals surface area contributed by atoms with Crippen molar-refractivity contribution in [2.24, 2.45) is 35.5 Å². The van der Waals surface area contributed by atoms with Gasteiger partial charge < -0.3 is 10.2 Å². The van der Waals surface area contributed by atoms with Gasteiger partial charge in [0.1, 0.15) is 0 Å². The first-order chi connectivity index (χ1) is 9.61. The van der Waals surface area contributed by atoms with Gasteiger partial charge in [-0.15, -0.1) is 0 Å². The molecule has 0 aromatic carbocycles. The lowest BCUT2D eigenvalue weighted by Gasteiger charge is -2.53. The summed E-state index contributed by atoms with van der Waals surface area (Å²) in [6, 6.07) is 0. The lowest BCUT2D eigenvalue weighted by molar-refractivity contribution is -0.172. The molecule has 0 heterocycles. The maximum Gasteiger partial charge on any atom is 0.307 e. The average molecular weight is 280 g/mol. The van der Waals surface area contributed by atoms with Crippen molar-refractivity contribution in [2.45, 2.75) is 51.4 Å². The molecular weight excluding hydrogens is 256 g/mol. The molecule has 0 aromatic rings. The van der Waals surface area contributed by atoms with Crippen LogP contribution < -0.4 is 0 Å². The van der Waals surface area contributed by atoms with Gasteiger partial charge in [0, 0.05) is 0 Å². The fraction of sp³-hybridized carbons (Fsp3) is 0.875. The molecule has 20 heavy (non-hydrogen) atoms. The highest BCUT2D eigenvalue weighted by Gasteiger charge is 2.55. The third kappa shape index (κ3) is 2.13. The van der Waals surface area contributed by atoms with Gasteiger partial charge in [0.05, 0.1) is 11.8 Å². The minimum Gasteiger partial charge on any atom is -0.481 e. The number of carboxylic acid groups (broad SMARTS) is 2. The fourth-order valence-electron chi connectivity index (χ4n) is 5.54. The van der Waals surface area contributed by atoms with E-state index in [1.54, 1.807) is 0 Å². The number of aliphatic carboxylic acids is 2. The van der Waals surface area contributed by atoms with Gasteiger partial charge in [-0.2, -0.15) is 0 Å². The minimum absolute atomic E-state index is 0.0988. The molecule has 3 aliphatic rings. The molecule has 3 saturated carbocycles. The van der Waals surface area contributed by atoms with Crippen LogP contribution in [-0.2, 0) is 9.59 Å². The molecule has 3 rings (SSSR count). The minimum atomic E-state index is -0.877. The van der Waals surface area contributed by atoms with E-state index in [1.807, 2.05) is 0 Å². The van der Waals surface area contributed by atoms with Crippen molar-refractivity contribution in [1.82, 2.24) is 0 Å². The zero-order valence-corrected chi connectivity index (χ0v) is 11.8. The Labute approximate surface area is 119 Å². The van der Waals surface area contributed by atoms with Crippen LogP contribution in [0.5, 0.6) is 0 Å². The summed E-state index contributed by atoms with van der Waals surface area (Å²) in [7, 11) is 0. The summed E-state index contributed by atoms with van der Waals surface area (Å²) in [4.78, 5) is 23.5. The highest BCUT2D eigenvalue weighted by atomic mass is 16.4. The zero-order valence-electron chi connectivity index (χ0n) is 11.8. The number of hydrogen-bond acceptors (Lipinski definition) is 2. The van der Waals surface area contributed by atoms with Gasteiger partial charge in [-0.1, -0.05) is 25.7 Å². The standard InChI is InChI=1S/C16H24O4/c17-15(18)13-11-7-3-1-5-9(11)10-6-2-4-8-12(10)14(13)16(19)20/h9-14H,1-8H2,(H,17,18)(H,19,20)/t9-,10+,11-,12+,13-,14+. The summed E-state index contributed by atoms with van der Waals surface area (Å²) in [5.74, 6) is -1.94. The summed E-state index contributed by atoms with van der Waals surface area (Å²) in [6.07, 6.45) is 8.56. The topological polar surface area (TPSA) is 74.6 Å². The van der Waals surface area contributed by atoms with E-state index < -0.39 is 23.8 Å². The van der Waals surface area contributed by atoms with Crippen molar-refractivity contribution in [3.05, 3.63) is 0 Å². The van der Waals surface area contributed by atoms with Crippen LogP contribution in [0.15, 0.2) is 0 Å². The van der Waals surface area contributed by atoms with Crippen LogP contribution in [0.1, 0.15) is 51.4 Å². The summed E-state index contributed by atoms with van der Waals surface area (Å²) in [5.41, 5.74) is 0. The Morgan fingerprint density at radius 3 is 1.20 bits per heavy atom. The zero-order chi connectivity index (χ0) is 14.3. The first-order valence-corrected chi connectivity index (χ1v) is 8.07. The fourth-order valence-corrected chi connectivity index (χ4v) is 5.54. The molecule has 0 spiro atoms. The third-order valence-corrected chi connectivity index (χ3v) is 6.18. The number of hydrogen-bond donors (Lipinski definition) is 2. The van der Waals surface area contributed by atoms with Crippen LogP contribution in [-0.4, -0.2) is 22.2 Å². The van der Waals surface area contributed by atoms with Crippen LogP contribution in [0.2, 0.25) is 0 Å². The van der Waals surface area contributed by atoms with E-state index in [9.17, 15) is 19.8 Å². The number of rotatable bonds is 2.